The van der Waals surface area contributed by atoms with Crippen LogP contribution >= 0.6 is 11.3 Å². The van der Waals surface area contributed by atoms with Gasteiger partial charge in [0.15, 0.2) is 0 Å². The van der Waals surface area contributed by atoms with Gasteiger partial charge in [0.05, 0.1) is 5.60 Å². The fourth-order valence-corrected chi connectivity index (χ4v) is 3.13. The first kappa shape index (κ1) is 11.1. The van der Waals surface area contributed by atoms with Crippen LogP contribution in [0, 0.1) is 0 Å². The van der Waals surface area contributed by atoms with Gasteiger partial charge in [0.2, 0.25) is 0 Å². The van der Waals surface area contributed by atoms with Gasteiger partial charge in [0.1, 0.15) is 6.10 Å². The lowest BCUT2D eigenvalue weighted by Gasteiger charge is -2.28. The van der Waals surface area contributed by atoms with Crippen LogP contribution in [0.15, 0.2) is 12.1 Å². The van der Waals surface area contributed by atoms with E-state index in [1.54, 1.807) is 11.3 Å². The maximum absolute atomic E-state index is 10.3. The SMILES string of the molecule is CCc1ccc(C(O)C2(C)CCCO2)s1. The fourth-order valence-electron chi connectivity index (χ4n) is 2.05. The summed E-state index contributed by atoms with van der Waals surface area (Å²) in [6.45, 7) is 4.92. The average Bonchev–Trinajstić information content (AvgIpc) is 2.85. The summed E-state index contributed by atoms with van der Waals surface area (Å²) in [5.74, 6) is 0. The van der Waals surface area contributed by atoms with Gasteiger partial charge in [-0.1, -0.05) is 6.92 Å². The van der Waals surface area contributed by atoms with Crippen LogP contribution in [0.25, 0.3) is 0 Å². The Hall–Kier alpha value is -0.380. The maximum atomic E-state index is 10.3. The van der Waals surface area contributed by atoms with Crippen molar-refractivity contribution in [1.82, 2.24) is 0 Å². The molecule has 1 N–H and O–H groups in total. The van der Waals surface area contributed by atoms with Crippen LogP contribution in [0.4, 0.5) is 0 Å². The van der Waals surface area contributed by atoms with Crippen molar-refractivity contribution in [3.05, 3.63) is 21.9 Å². The van der Waals surface area contributed by atoms with Crippen molar-refractivity contribution in [2.75, 3.05) is 6.61 Å². The molecule has 0 bridgehead atoms. The Balaban J connectivity index is 2.15. The molecule has 15 heavy (non-hydrogen) atoms. The van der Waals surface area contributed by atoms with E-state index in [2.05, 4.69) is 13.0 Å². The summed E-state index contributed by atoms with van der Waals surface area (Å²) < 4.78 is 5.66. The van der Waals surface area contributed by atoms with Crippen LogP contribution in [0.3, 0.4) is 0 Å². The molecular weight excluding hydrogens is 208 g/mol. The highest BCUT2D eigenvalue weighted by Gasteiger charge is 2.38. The molecule has 2 rings (SSSR count). The predicted molar refractivity (Wildman–Crippen MR) is 62.2 cm³/mol. The Morgan fingerprint density at radius 1 is 1.60 bits per heavy atom. The van der Waals surface area contributed by atoms with Gasteiger partial charge in [-0.05, 0) is 38.3 Å². The zero-order valence-electron chi connectivity index (χ0n) is 9.32. The van der Waals surface area contributed by atoms with Crippen LogP contribution in [0.1, 0.15) is 42.5 Å². The third-order valence-electron chi connectivity index (χ3n) is 3.13. The number of thiophene rings is 1. The van der Waals surface area contributed by atoms with Crippen molar-refractivity contribution < 1.29 is 9.84 Å². The Morgan fingerprint density at radius 2 is 2.40 bits per heavy atom. The topological polar surface area (TPSA) is 29.5 Å². The van der Waals surface area contributed by atoms with Crippen LogP contribution in [0.2, 0.25) is 0 Å². The molecule has 0 aliphatic carbocycles. The summed E-state index contributed by atoms with van der Waals surface area (Å²) >= 11 is 1.70. The highest BCUT2D eigenvalue weighted by molar-refractivity contribution is 7.12. The molecule has 2 heterocycles. The molecule has 0 radical (unpaired) electrons. The third-order valence-corrected chi connectivity index (χ3v) is 4.41. The molecule has 1 aromatic rings. The van der Waals surface area contributed by atoms with E-state index in [0.717, 1.165) is 30.7 Å². The molecule has 2 atom stereocenters. The quantitative estimate of drug-likeness (QED) is 0.858. The number of hydrogen-bond donors (Lipinski definition) is 1. The van der Waals surface area contributed by atoms with Crippen LogP contribution < -0.4 is 0 Å². The molecule has 2 nitrogen and oxygen atoms in total. The standard InChI is InChI=1S/C12H18O2S/c1-3-9-5-6-10(15-9)11(13)12(2)7-4-8-14-12/h5-6,11,13H,3-4,7-8H2,1-2H3. The minimum absolute atomic E-state index is 0.365. The highest BCUT2D eigenvalue weighted by atomic mass is 32.1. The lowest BCUT2D eigenvalue weighted by Crippen LogP contribution is -2.31. The first-order valence-electron chi connectivity index (χ1n) is 5.56. The molecule has 1 saturated heterocycles. The lowest BCUT2D eigenvalue weighted by atomic mass is 9.94. The minimum Gasteiger partial charge on any atom is -0.385 e. The molecule has 1 aliphatic heterocycles. The Morgan fingerprint density at radius 3 is 2.93 bits per heavy atom. The van der Waals surface area contributed by atoms with Gasteiger partial charge in [0, 0.05) is 16.4 Å². The zero-order valence-corrected chi connectivity index (χ0v) is 10.1. The summed E-state index contributed by atoms with van der Waals surface area (Å²) in [6.07, 6.45) is 2.58. The van der Waals surface area contributed by atoms with Gasteiger partial charge in [-0.2, -0.15) is 0 Å². The monoisotopic (exact) mass is 226 g/mol. The number of aryl methyl sites for hydroxylation is 1. The zero-order chi connectivity index (χ0) is 10.9. The fraction of sp³-hybridized carbons (Fsp3) is 0.667. The van der Waals surface area contributed by atoms with Crippen molar-refractivity contribution in [3.63, 3.8) is 0 Å². The van der Waals surface area contributed by atoms with Crippen molar-refractivity contribution in [2.24, 2.45) is 0 Å². The van der Waals surface area contributed by atoms with E-state index >= 15 is 0 Å². The largest absolute Gasteiger partial charge is 0.385 e. The molecule has 0 spiro atoms. The highest BCUT2D eigenvalue weighted by Crippen LogP contribution is 2.39. The van der Waals surface area contributed by atoms with E-state index in [1.807, 2.05) is 13.0 Å². The number of aliphatic hydroxyl groups is 1. The van der Waals surface area contributed by atoms with Gasteiger partial charge in [-0.15, -0.1) is 11.3 Å². The Kier molecular flexibility index (Phi) is 3.14. The van der Waals surface area contributed by atoms with Crippen molar-refractivity contribution in [2.45, 2.75) is 44.8 Å². The first-order chi connectivity index (χ1) is 7.15. The molecule has 0 saturated carbocycles. The molecule has 0 amide bonds. The van der Waals surface area contributed by atoms with E-state index in [0.29, 0.717) is 0 Å². The van der Waals surface area contributed by atoms with Crippen LogP contribution in [0.5, 0.6) is 0 Å². The molecule has 84 valence electrons. The Bertz CT molecular complexity index is 326. The lowest BCUT2D eigenvalue weighted by molar-refractivity contribution is -0.0781. The predicted octanol–water partition coefficient (Wildman–Crippen LogP) is 2.91. The Labute approximate surface area is 94.9 Å². The van der Waals surface area contributed by atoms with E-state index < -0.39 is 6.10 Å². The first-order valence-corrected chi connectivity index (χ1v) is 6.38. The van der Waals surface area contributed by atoms with Crippen molar-refractivity contribution in [1.29, 1.82) is 0 Å². The molecular formula is C12H18O2S. The van der Waals surface area contributed by atoms with E-state index in [9.17, 15) is 5.11 Å². The normalized spacial score (nSPS) is 28.2. The maximum Gasteiger partial charge on any atom is 0.117 e. The van der Waals surface area contributed by atoms with Crippen LogP contribution in [-0.2, 0) is 11.2 Å². The van der Waals surface area contributed by atoms with Gasteiger partial charge in [-0.25, -0.2) is 0 Å². The summed E-state index contributed by atoms with van der Waals surface area (Å²) in [7, 11) is 0. The van der Waals surface area contributed by atoms with Crippen molar-refractivity contribution in [3.8, 4) is 0 Å². The third kappa shape index (κ3) is 2.10. The van der Waals surface area contributed by atoms with Gasteiger partial charge >= 0.3 is 0 Å². The number of rotatable bonds is 3. The second kappa shape index (κ2) is 4.24. The molecule has 1 aliphatic rings. The summed E-state index contributed by atoms with van der Waals surface area (Å²) in [6, 6.07) is 4.13. The molecule has 3 heteroatoms. The van der Waals surface area contributed by atoms with Gasteiger partial charge in [0.25, 0.3) is 0 Å². The van der Waals surface area contributed by atoms with Crippen molar-refractivity contribution >= 4 is 11.3 Å². The summed E-state index contributed by atoms with van der Waals surface area (Å²) in [4.78, 5) is 2.36. The van der Waals surface area contributed by atoms with E-state index in [1.165, 1.54) is 4.88 Å². The average molecular weight is 226 g/mol. The molecule has 1 fully saturated rings. The van der Waals surface area contributed by atoms with Gasteiger partial charge in [-0.3, -0.25) is 0 Å². The minimum atomic E-state index is -0.467. The smallest absolute Gasteiger partial charge is 0.117 e. The van der Waals surface area contributed by atoms with Gasteiger partial charge < -0.3 is 9.84 Å². The number of aliphatic hydroxyl groups excluding tert-OH is 1. The molecule has 0 aromatic carbocycles. The van der Waals surface area contributed by atoms with Crippen LogP contribution in [-0.4, -0.2) is 17.3 Å². The number of ether oxygens (including phenoxy) is 1. The second-order valence-electron chi connectivity index (χ2n) is 4.32. The molecule has 2 unspecified atom stereocenters. The van der Waals surface area contributed by atoms with E-state index in [-0.39, 0.29) is 5.60 Å². The summed E-state index contributed by atoms with van der Waals surface area (Å²) in [5, 5.41) is 10.3. The van der Waals surface area contributed by atoms with E-state index in [4.69, 9.17) is 4.74 Å². The summed E-state index contributed by atoms with van der Waals surface area (Å²) in [5.41, 5.74) is -0.365. The number of hydrogen-bond acceptors (Lipinski definition) is 3. The second-order valence-corrected chi connectivity index (χ2v) is 5.52. The molecule has 1 aromatic heterocycles.